The maximum atomic E-state index is 12.3. The van der Waals surface area contributed by atoms with Crippen molar-refractivity contribution in [1.82, 2.24) is 0 Å². The lowest BCUT2D eigenvalue weighted by Gasteiger charge is -2.15. The fraction of sp³-hybridized carbons (Fsp3) is 0. The normalized spacial score (nSPS) is 10.2. The predicted octanol–water partition coefficient (Wildman–Crippen LogP) is 4.78. The topological polar surface area (TPSA) is 78.9 Å². The van der Waals surface area contributed by atoms with Crippen molar-refractivity contribution in [2.75, 3.05) is 0 Å². The Labute approximate surface area is 162 Å². The number of rotatable bonds is 6. The number of hydrogen-bond acceptors (Lipinski definition) is 6. The summed E-state index contributed by atoms with van der Waals surface area (Å²) in [5.74, 6) is -2.31. The van der Waals surface area contributed by atoms with E-state index in [0.717, 1.165) is 0 Å². The second-order valence-electron chi connectivity index (χ2n) is 5.46. The highest BCUT2D eigenvalue weighted by Crippen LogP contribution is 2.42. The van der Waals surface area contributed by atoms with Crippen molar-refractivity contribution in [3.05, 3.63) is 108 Å². The summed E-state index contributed by atoms with van der Waals surface area (Å²) in [7, 11) is -2.60. The maximum Gasteiger partial charge on any atom is 0.537 e. The summed E-state index contributed by atoms with van der Waals surface area (Å²) in [5.41, 5.74) is 0.713. The quantitative estimate of drug-likeness (QED) is 0.560. The van der Waals surface area contributed by atoms with Crippen LogP contribution in [0, 0.1) is 0 Å². The molecular weight excluding hydrogens is 379 g/mol. The molecule has 0 atom stereocenters. The first kappa shape index (κ1) is 19.3. The molecule has 0 aliphatic carbocycles. The molecule has 0 heterocycles. The van der Waals surface area contributed by atoms with Crippen molar-refractivity contribution in [3.8, 4) is 0 Å². The minimum atomic E-state index is -2.60. The molecule has 6 nitrogen and oxygen atoms in total. The van der Waals surface area contributed by atoms with Crippen LogP contribution in [-0.2, 0) is 13.6 Å². The van der Waals surface area contributed by atoms with Crippen molar-refractivity contribution in [3.63, 3.8) is 0 Å². The summed E-state index contributed by atoms with van der Waals surface area (Å²) < 4.78 is 15.5. The van der Waals surface area contributed by atoms with Crippen molar-refractivity contribution >= 4 is 26.5 Å². The van der Waals surface area contributed by atoms with E-state index < -0.39 is 26.5 Å². The summed E-state index contributed by atoms with van der Waals surface area (Å²) in [6, 6.07) is 24.4. The van der Waals surface area contributed by atoms with Gasteiger partial charge in [-0.15, -0.1) is 0 Å². The molecule has 0 aliphatic heterocycles. The van der Waals surface area contributed by atoms with E-state index in [4.69, 9.17) is 13.6 Å². The molecule has 0 saturated carbocycles. The Morgan fingerprint density at radius 2 is 0.714 bits per heavy atom. The Morgan fingerprint density at radius 1 is 0.464 bits per heavy atom. The fourth-order valence-corrected chi connectivity index (χ4v) is 2.97. The molecule has 28 heavy (non-hydrogen) atoms. The minimum Gasteiger partial charge on any atom is -0.371 e. The largest absolute Gasteiger partial charge is 0.537 e. The van der Waals surface area contributed by atoms with Crippen molar-refractivity contribution < 1.29 is 28.0 Å². The van der Waals surface area contributed by atoms with E-state index in [1.54, 1.807) is 54.6 Å². The smallest absolute Gasteiger partial charge is 0.371 e. The first-order chi connectivity index (χ1) is 13.6. The lowest BCUT2D eigenvalue weighted by molar-refractivity contribution is 0.0547. The molecule has 7 heteroatoms. The molecule has 0 aliphatic rings. The molecule has 0 amide bonds. The van der Waals surface area contributed by atoms with E-state index in [0.29, 0.717) is 0 Å². The van der Waals surface area contributed by atoms with Gasteiger partial charge in [-0.25, -0.2) is 14.4 Å². The highest BCUT2D eigenvalue weighted by molar-refractivity contribution is 7.43. The molecule has 3 aromatic carbocycles. The Balaban J connectivity index is 1.76. The summed E-state index contributed by atoms with van der Waals surface area (Å²) in [5, 5.41) is 0. The second kappa shape index (κ2) is 9.44. The molecule has 0 fully saturated rings. The van der Waals surface area contributed by atoms with Crippen molar-refractivity contribution in [1.29, 1.82) is 0 Å². The Kier molecular flexibility index (Phi) is 6.50. The van der Waals surface area contributed by atoms with Gasteiger partial charge in [-0.2, -0.15) is 0 Å². The zero-order valence-electron chi connectivity index (χ0n) is 14.6. The average Bonchev–Trinajstić information content (AvgIpc) is 2.75. The van der Waals surface area contributed by atoms with E-state index in [-0.39, 0.29) is 16.7 Å². The SMILES string of the molecule is O=C(OP(OC(=O)c1ccccc1)OC(=O)c1ccccc1)c1ccccc1. The third-order valence-corrected chi connectivity index (χ3v) is 4.45. The first-order valence-electron chi connectivity index (χ1n) is 8.25. The zero-order chi connectivity index (χ0) is 19.8. The van der Waals surface area contributed by atoms with Crippen LogP contribution >= 0.6 is 8.60 Å². The van der Waals surface area contributed by atoms with Gasteiger partial charge in [-0.1, -0.05) is 54.6 Å². The summed E-state index contributed by atoms with van der Waals surface area (Å²) in [6.45, 7) is 0. The fourth-order valence-electron chi connectivity index (χ4n) is 2.14. The average molecular weight is 394 g/mol. The molecule has 0 N–H and O–H groups in total. The molecule has 3 rings (SSSR count). The highest BCUT2D eigenvalue weighted by atomic mass is 31.2. The minimum absolute atomic E-state index is 0.238. The maximum absolute atomic E-state index is 12.3. The second-order valence-corrected chi connectivity index (χ2v) is 6.45. The van der Waals surface area contributed by atoms with E-state index in [2.05, 4.69) is 0 Å². The van der Waals surface area contributed by atoms with Crippen LogP contribution in [0.25, 0.3) is 0 Å². The molecule has 0 unspecified atom stereocenters. The van der Waals surface area contributed by atoms with E-state index in [1.807, 2.05) is 0 Å². The predicted molar refractivity (Wildman–Crippen MR) is 102 cm³/mol. The van der Waals surface area contributed by atoms with Crippen molar-refractivity contribution in [2.45, 2.75) is 0 Å². The van der Waals surface area contributed by atoms with Gasteiger partial charge in [0.2, 0.25) is 0 Å². The van der Waals surface area contributed by atoms with Gasteiger partial charge in [0, 0.05) is 0 Å². The summed E-state index contributed by atoms with van der Waals surface area (Å²) >= 11 is 0. The molecule has 0 radical (unpaired) electrons. The van der Waals surface area contributed by atoms with Gasteiger partial charge in [0.15, 0.2) is 0 Å². The Bertz CT molecular complexity index is 817. The van der Waals surface area contributed by atoms with Gasteiger partial charge in [0.1, 0.15) is 0 Å². The van der Waals surface area contributed by atoms with E-state index in [1.165, 1.54) is 36.4 Å². The monoisotopic (exact) mass is 394 g/mol. The van der Waals surface area contributed by atoms with Gasteiger partial charge >= 0.3 is 26.5 Å². The van der Waals surface area contributed by atoms with E-state index in [9.17, 15) is 14.4 Å². The first-order valence-corrected chi connectivity index (χ1v) is 9.35. The van der Waals surface area contributed by atoms with Gasteiger partial charge in [-0.05, 0) is 36.4 Å². The Hall–Kier alpha value is -3.50. The summed E-state index contributed by atoms with van der Waals surface area (Å²) in [4.78, 5) is 36.9. The van der Waals surface area contributed by atoms with Crippen LogP contribution in [0.5, 0.6) is 0 Å². The molecule has 0 bridgehead atoms. The standard InChI is InChI=1S/C21H15O6P/c22-19(16-10-4-1-5-11-16)25-28(26-20(23)17-12-6-2-7-13-17)27-21(24)18-14-8-3-9-15-18/h1-15H. The van der Waals surface area contributed by atoms with Crippen LogP contribution < -0.4 is 0 Å². The van der Waals surface area contributed by atoms with Gasteiger partial charge in [-0.3, -0.25) is 0 Å². The number of benzene rings is 3. The van der Waals surface area contributed by atoms with Crippen LogP contribution in [0.3, 0.4) is 0 Å². The van der Waals surface area contributed by atoms with Crippen LogP contribution in [0.4, 0.5) is 0 Å². The lowest BCUT2D eigenvalue weighted by Crippen LogP contribution is -2.11. The molecule has 0 saturated heterocycles. The zero-order valence-corrected chi connectivity index (χ0v) is 15.5. The number of carbonyl (C=O) groups is 3. The van der Waals surface area contributed by atoms with Crippen LogP contribution in [-0.4, -0.2) is 17.9 Å². The summed E-state index contributed by atoms with van der Waals surface area (Å²) in [6.07, 6.45) is 0. The highest BCUT2D eigenvalue weighted by Gasteiger charge is 2.29. The van der Waals surface area contributed by atoms with Crippen LogP contribution in [0.15, 0.2) is 91.0 Å². The molecule has 0 spiro atoms. The van der Waals surface area contributed by atoms with Gasteiger partial charge in [0.05, 0.1) is 16.7 Å². The van der Waals surface area contributed by atoms with Gasteiger partial charge < -0.3 is 13.6 Å². The van der Waals surface area contributed by atoms with Gasteiger partial charge in [0.25, 0.3) is 0 Å². The molecular formula is C21H15O6P. The van der Waals surface area contributed by atoms with E-state index >= 15 is 0 Å². The molecule has 140 valence electrons. The molecule has 3 aromatic rings. The number of carbonyl (C=O) groups excluding carboxylic acids is 3. The van der Waals surface area contributed by atoms with Crippen LogP contribution in [0.2, 0.25) is 0 Å². The number of hydrogen-bond donors (Lipinski definition) is 0. The van der Waals surface area contributed by atoms with Crippen LogP contribution in [0.1, 0.15) is 31.1 Å². The third-order valence-electron chi connectivity index (χ3n) is 3.50. The van der Waals surface area contributed by atoms with Crippen molar-refractivity contribution in [2.24, 2.45) is 0 Å². The third kappa shape index (κ3) is 5.25. The lowest BCUT2D eigenvalue weighted by atomic mass is 10.2. The molecule has 0 aromatic heterocycles. The Morgan fingerprint density at radius 3 is 0.964 bits per heavy atom.